The van der Waals surface area contributed by atoms with Crippen LogP contribution in [0.5, 0.6) is 0 Å². The summed E-state index contributed by atoms with van der Waals surface area (Å²) in [5, 5.41) is 0. The second kappa shape index (κ2) is 9.44. The van der Waals surface area contributed by atoms with Crippen LogP contribution in [0.1, 0.15) is 27.2 Å². The topological polar surface area (TPSA) is 40.2 Å². The zero-order chi connectivity index (χ0) is 13.3. The van der Waals surface area contributed by atoms with Crippen LogP contribution < -0.4 is 21.5 Å². The number of hydrogen-bond acceptors (Lipinski definition) is 4. The zero-order valence-corrected chi connectivity index (χ0v) is 13.8. The number of nitrogens with zero attached hydrogens (tertiary/aromatic N) is 1. The van der Waals surface area contributed by atoms with Crippen molar-refractivity contribution in [3.8, 4) is 0 Å². The molecule has 6 heteroatoms. The van der Waals surface area contributed by atoms with Gasteiger partial charge in [-0.1, -0.05) is 0 Å². The SMILES string of the molecule is CCO[N+](CCCOCC1CO1)(OCC)[I-]CC. The molecule has 0 bridgehead atoms. The van der Waals surface area contributed by atoms with Crippen LogP contribution in [0.15, 0.2) is 0 Å². The Bertz CT molecular complexity index is 197. The monoisotopic (exact) mass is 375 g/mol. The van der Waals surface area contributed by atoms with E-state index < -0.39 is 0 Å². The number of rotatable bonds is 12. The average molecular weight is 375 g/mol. The van der Waals surface area contributed by atoms with E-state index in [1.54, 1.807) is 0 Å². The predicted octanol–water partition coefficient (Wildman–Crippen LogP) is -1.46. The normalized spacial score (nSPS) is 19.4. The van der Waals surface area contributed by atoms with Gasteiger partial charge in [0.2, 0.25) is 0 Å². The molecular weight excluding hydrogens is 349 g/mol. The molecular formula is C12H26INO4. The number of alkyl halides is 1. The van der Waals surface area contributed by atoms with Crippen LogP contribution in [0.3, 0.4) is 0 Å². The van der Waals surface area contributed by atoms with Gasteiger partial charge in [-0.3, -0.25) is 0 Å². The molecule has 18 heavy (non-hydrogen) atoms. The number of quaternary nitrogens is 1. The van der Waals surface area contributed by atoms with Crippen molar-refractivity contribution in [2.45, 2.75) is 33.3 Å². The van der Waals surface area contributed by atoms with Crippen molar-refractivity contribution in [1.29, 1.82) is 0 Å². The summed E-state index contributed by atoms with van der Waals surface area (Å²) < 4.78 is 12.2. The van der Waals surface area contributed by atoms with Crippen molar-refractivity contribution in [2.75, 3.05) is 44.0 Å². The average Bonchev–Trinajstić information content (AvgIpc) is 3.14. The summed E-state index contributed by atoms with van der Waals surface area (Å²) in [5.41, 5.74) is 0. The molecule has 0 amide bonds. The second-order valence-corrected chi connectivity index (χ2v) is 7.60. The number of hydrogen-bond donors (Lipinski definition) is 0. The molecule has 0 radical (unpaired) electrons. The van der Waals surface area contributed by atoms with E-state index in [1.807, 2.05) is 13.8 Å². The van der Waals surface area contributed by atoms with E-state index in [2.05, 4.69) is 6.92 Å². The van der Waals surface area contributed by atoms with Gasteiger partial charge in [-0.15, -0.1) is 0 Å². The van der Waals surface area contributed by atoms with E-state index in [9.17, 15) is 0 Å². The minimum atomic E-state index is -0.147. The van der Waals surface area contributed by atoms with Gasteiger partial charge in [0.05, 0.1) is 0 Å². The fraction of sp³-hybridized carbons (Fsp3) is 1.00. The molecule has 1 saturated heterocycles. The van der Waals surface area contributed by atoms with E-state index in [0.717, 1.165) is 37.2 Å². The van der Waals surface area contributed by atoms with Gasteiger partial charge in [0.1, 0.15) is 0 Å². The van der Waals surface area contributed by atoms with Crippen LogP contribution in [-0.4, -0.2) is 53.1 Å². The van der Waals surface area contributed by atoms with Crippen LogP contribution in [0, 0.1) is 0 Å². The summed E-state index contributed by atoms with van der Waals surface area (Å²) in [6, 6.07) is 0. The van der Waals surface area contributed by atoms with E-state index in [1.165, 1.54) is 0 Å². The first-order valence-electron chi connectivity index (χ1n) is 6.73. The van der Waals surface area contributed by atoms with Crippen molar-refractivity contribution in [3.63, 3.8) is 0 Å². The predicted molar refractivity (Wildman–Crippen MR) is 64.1 cm³/mol. The van der Waals surface area contributed by atoms with Gasteiger partial charge in [-0.2, -0.15) is 0 Å². The Kier molecular flexibility index (Phi) is 8.69. The van der Waals surface area contributed by atoms with Crippen LogP contribution in [0.4, 0.5) is 0 Å². The molecule has 1 heterocycles. The van der Waals surface area contributed by atoms with E-state index >= 15 is 0 Å². The maximum absolute atomic E-state index is 5.83. The van der Waals surface area contributed by atoms with E-state index in [0.29, 0.717) is 22.3 Å². The fourth-order valence-electron chi connectivity index (χ4n) is 1.60. The quantitative estimate of drug-likeness (QED) is 0.104. The molecule has 0 aromatic carbocycles. The summed E-state index contributed by atoms with van der Waals surface area (Å²) in [7, 11) is 0. The van der Waals surface area contributed by atoms with Crippen LogP contribution >= 0.6 is 0 Å². The van der Waals surface area contributed by atoms with Gasteiger partial charge in [0, 0.05) is 0 Å². The van der Waals surface area contributed by atoms with Gasteiger partial charge in [-0.05, 0) is 0 Å². The first kappa shape index (κ1) is 16.6. The van der Waals surface area contributed by atoms with Crippen LogP contribution in [-0.2, 0) is 19.1 Å². The van der Waals surface area contributed by atoms with Crippen molar-refractivity contribution >= 4 is 0 Å². The maximum atomic E-state index is 5.83. The molecule has 1 aliphatic rings. The van der Waals surface area contributed by atoms with E-state index in [4.69, 9.17) is 19.1 Å². The molecule has 110 valence electrons. The standard InChI is InChI=1S/C12H26INO4/c1-4-13-14(17-5-2,18-6-3)8-7-9-15-10-12-11-16-12/h12H,4-11H2,1-3H3. The Hall–Kier alpha value is 0.530. The van der Waals surface area contributed by atoms with Crippen molar-refractivity contribution < 1.29 is 43.7 Å². The summed E-state index contributed by atoms with van der Waals surface area (Å²) in [4.78, 5) is 11.7. The molecule has 5 nitrogen and oxygen atoms in total. The number of ether oxygens (including phenoxy) is 2. The third-order valence-electron chi connectivity index (χ3n) is 2.37. The third-order valence-corrected chi connectivity index (χ3v) is 5.13. The Balaban J connectivity index is 2.22. The molecule has 0 N–H and O–H groups in total. The molecule has 0 aliphatic carbocycles. The molecule has 1 unspecified atom stereocenters. The molecule has 1 aliphatic heterocycles. The first-order valence-corrected chi connectivity index (χ1v) is 9.23. The summed E-state index contributed by atoms with van der Waals surface area (Å²) in [6.45, 7) is 10.8. The van der Waals surface area contributed by atoms with Crippen molar-refractivity contribution in [1.82, 2.24) is 0 Å². The van der Waals surface area contributed by atoms with Gasteiger partial charge in [-0.25, -0.2) is 0 Å². The van der Waals surface area contributed by atoms with E-state index in [-0.39, 0.29) is 21.5 Å². The number of halogens is 1. The summed E-state index contributed by atoms with van der Waals surface area (Å²) in [6.07, 6.45) is 1.32. The van der Waals surface area contributed by atoms with Gasteiger partial charge < -0.3 is 0 Å². The minimum absolute atomic E-state index is 0.147. The number of hydroxylamine groups is 2. The van der Waals surface area contributed by atoms with Crippen molar-refractivity contribution in [3.05, 3.63) is 0 Å². The van der Waals surface area contributed by atoms with Gasteiger partial charge >= 0.3 is 121 Å². The number of epoxide rings is 1. The Morgan fingerprint density at radius 1 is 1.22 bits per heavy atom. The molecule has 0 saturated carbocycles. The Morgan fingerprint density at radius 2 is 1.89 bits per heavy atom. The van der Waals surface area contributed by atoms with Crippen LogP contribution in [0.25, 0.3) is 0 Å². The molecule has 1 atom stereocenters. The fourth-order valence-corrected chi connectivity index (χ4v) is 4.27. The molecule has 1 rings (SSSR count). The van der Waals surface area contributed by atoms with Gasteiger partial charge in [0.25, 0.3) is 0 Å². The molecule has 1 fully saturated rings. The summed E-state index contributed by atoms with van der Waals surface area (Å²) >= 11 is -0.147. The Morgan fingerprint density at radius 3 is 2.39 bits per heavy atom. The van der Waals surface area contributed by atoms with Crippen molar-refractivity contribution in [2.24, 2.45) is 0 Å². The Labute approximate surface area is 121 Å². The molecule has 0 aromatic rings. The van der Waals surface area contributed by atoms with Crippen LogP contribution in [0.2, 0.25) is 0 Å². The first-order chi connectivity index (χ1) is 8.76. The summed E-state index contributed by atoms with van der Waals surface area (Å²) in [5.74, 6) is 0. The second-order valence-electron chi connectivity index (χ2n) is 3.92. The zero-order valence-electron chi connectivity index (χ0n) is 11.7. The molecule has 0 aromatic heterocycles. The van der Waals surface area contributed by atoms with Gasteiger partial charge in [0.15, 0.2) is 0 Å². The molecule has 0 spiro atoms. The third kappa shape index (κ3) is 6.63.